The van der Waals surface area contributed by atoms with Gasteiger partial charge in [-0.1, -0.05) is 54.2 Å². The van der Waals surface area contributed by atoms with E-state index in [0.29, 0.717) is 28.8 Å². The number of amides is 1. The second-order valence-corrected chi connectivity index (χ2v) is 10.8. The Labute approximate surface area is 234 Å². The molecule has 0 radical (unpaired) electrons. The lowest BCUT2D eigenvalue weighted by molar-refractivity contribution is -0.384. The van der Waals surface area contributed by atoms with Crippen molar-refractivity contribution in [3.05, 3.63) is 112 Å². The Bertz CT molecular complexity index is 1430. The van der Waals surface area contributed by atoms with Crippen LogP contribution in [0.5, 0.6) is 0 Å². The third kappa shape index (κ3) is 7.01. The van der Waals surface area contributed by atoms with Crippen LogP contribution >= 0.6 is 23.4 Å². The maximum Gasteiger partial charge on any atom is 0.269 e. The Morgan fingerprint density at radius 1 is 1.05 bits per heavy atom. The average Bonchev–Trinajstić information content (AvgIpc) is 3.36. The fourth-order valence-corrected chi connectivity index (χ4v) is 4.80. The molecule has 4 aromatic rings. The predicted octanol–water partition coefficient (Wildman–Crippen LogP) is 6.27. The first-order valence-corrected chi connectivity index (χ1v) is 13.7. The molecule has 1 amide bonds. The highest BCUT2D eigenvalue weighted by Gasteiger charge is 2.32. The van der Waals surface area contributed by atoms with Crippen LogP contribution in [-0.4, -0.2) is 31.5 Å². The molecule has 0 bridgehead atoms. The van der Waals surface area contributed by atoms with Gasteiger partial charge in [0.1, 0.15) is 5.82 Å². The lowest BCUT2D eigenvalue weighted by Gasteiger charge is -2.26. The molecule has 3 aromatic carbocycles. The Morgan fingerprint density at radius 2 is 1.72 bits per heavy atom. The van der Waals surface area contributed by atoms with Gasteiger partial charge in [-0.25, -0.2) is 4.39 Å². The van der Waals surface area contributed by atoms with Gasteiger partial charge in [-0.2, -0.15) is 0 Å². The quantitative estimate of drug-likeness (QED) is 0.0991. The molecule has 0 spiro atoms. The normalized spacial score (nSPS) is 12.2. The van der Waals surface area contributed by atoms with Crippen molar-refractivity contribution >= 4 is 35.0 Å². The number of nitrogens with one attached hydrogen (secondary N) is 1. The summed E-state index contributed by atoms with van der Waals surface area (Å²) in [6, 6.07) is 21.3. The molecule has 1 unspecified atom stereocenters. The molecule has 0 aliphatic rings. The van der Waals surface area contributed by atoms with Crippen molar-refractivity contribution < 1.29 is 14.1 Å². The number of hydrogen-bond acceptors (Lipinski definition) is 6. The molecule has 1 atom stereocenters. The van der Waals surface area contributed by atoms with Gasteiger partial charge in [0.2, 0.25) is 5.91 Å². The first-order valence-electron chi connectivity index (χ1n) is 12.2. The van der Waals surface area contributed by atoms with Crippen LogP contribution in [0.3, 0.4) is 0 Å². The molecule has 0 aliphatic carbocycles. The number of carbonyl (C=O) groups is 1. The van der Waals surface area contributed by atoms with E-state index in [4.69, 9.17) is 11.6 Å². The number of rotatable bonds is 11. The zero-order valence-corrected chi connectivity index (χ0v) is 23.0. The Balaban J connectivity index is 1.76. The Kier molecular flexibility index (Phi) is 8.98. The summed E-state index contributed by atoms with van der Waals surface area (Å²) in [6.07, 6.45) is 0.429. The van der Waals surface area contributed by atoms with Crippen molar-refractivity contribution in [2.75, 3.05) is 5.88 Å². The third-order valence-corrected chi connectivity index (χ3v) is 7.77. The van der Waals surface area contributed by atoms with E-state index in [1.165, 1.54) is 36.0 Å². The van der Waals surface area contributed by atoms with Crippen LogP contribution in [0.4, 0.5) is 10.1 Å². The SMILES string of the molecule is CC(C)(CCl)C(=O)NC(Cc1ccccc1)c1nnc(SCc2ccc(F)cc2)n1-c1ccc([N+](=O)[O-])cc1. The number of nitro groups is 1. The molecule has 8 nitrogen and oxygen atoms in total. The van der Waals surface area contributed by atoms with Crippen LogP contribution in [0.15, 0.2) is 84.0 Å². The highest BCUT2D eigenvalue weighted by Crippen LogP contribution is 2.31. The zero-order chi connectivity index (χ0) is 28.0. The fraction of sp³-hybridized carbons (Fsp3) is 0.250. The van der Waals surface area contributed by atoms with E-state index in [9.17, 15) is 19.3 Å². The summed E-state index contributed by atoms with van der Waals surface area (Å²) >= 11 is 7.47. The van der Waals surface area contributed by atoms with Crippen LogP contribution in [0, 0.1) is 21.3 Å². The van der Waals surface area contributed by atoms with Crippen LogP contribution in [0.1, 0.15) is 36.8 Å². The number of non-ortho nitro benzene ring substituents is 1. The minimum Gasteiger partial charge on any atom is -0.345 e. The smallest absolute Gasteiger partial charge is 0.269 e. The van der Waals surface area contributed by atoms with Gasteiger partial charge in [-0.15, -0.1) is 21.8 Å². The van der Waals surface area contributed by atoms with Gasteiger partial charge in [0.25, 0.3) is 5.69 Å². The van der Waals surface area contributed by atoms with Gasteiger partial charge in [0.05, 0.1) is 16.4 Å². The van der Waals surface area contributed by atoms with Gasteiger partial charge < -0.3 is 5.32 Å². The van der Waals surface area contributed by atoms with Crippen molar-refractivity contribution in [2.24, 2.45) is 5.41 Å². The molecular formula is C28H27ClFN5O3S. The fourth-order valence-electron chi connectivity index (χ4n) is 3.77. The van der Waals surface area contributed by atoms with Gasteiger partial charge in [0.15, 0.2) is 11.0 Å². The predicted molar refractivity (Wildman–Crippen MR) is 150 cm³/mol. The van der Waals surface area contributed by atoms with E-state index in [-0.39, 0.29) is 23.3 Å². The molecule has 0 fully saturated rings. The topological polar surface area (TPSA) is 103 Å². The molecule has 1 aromatic heterocycles. The first-order chi connectivity index (χ1) is 18.7. The number of thioether (sulfide) groups is 1. The summed E-state index contributed by atoms with van der Waals surface area (Å²) in [6.45, 7) is 3.53. The maximum absolute atomic E-state index is 13.4. The molecular weight excluding hydrogens is 541 g/mol. The van der Waals surface area contributed by atoms with E-state index < -0.39 is 16.4 Å². The Morgan fingerprint density at radius 3 is 2.33 bits per heavy atom. The summed E-state index contributed by atoms with van der Waals surface area (Å²) in [7, 11) is 0. The second kappa shape index (κ2) is 12.4. The lowest BCUT2D eigenvalue weighted by Crippen LogP contribution is -2.41. The summed E-state index contributed by atoms with van der Waals surface area (Å²) in [4.78, 5) is 24.0. The minimum atomic E-state index is -0.825. The molecule has 0 saturated carbocycles. The van der Waals surface area contributed by atoms with E-state index in [1.54, 1.807) is 42.7 Å². The van der Waals surface area contributed by atoms with E-state index >= 15 is 0 Å². The minimum absolute atomic E-state index is 0.0492. The highest BCUT2D eigenvalue weighted by atomic mass is 35.5. The Hall–Kier alpha value is -3.76. The van der Waals surface area contributed by atoms with E-state index in [0.717, 1.165) is 11.1 Å². The van der Waals surface area contributed by atoms with Gasteiger partial charge in [0, 0.05) is 29.5 Å². The number of carbonyl (C=O) groups excluding carboxylic acids is 1. The molecule has 202 valence electrons. The van der Waals surface area contributed by atoms with Crippen LogP contribution in [0.25, 0.3) is 5.69 Å². The number of hydrogen-bond donors (Lipinski definition) is 1. The molecule has 11 heteroatoms. The summed E-state index contributed by atoms with van der Waals surface area (Å²) in [5, 5.41) is 23.8. The summed E-state index contributed by atoms with van der Waals surface area (Å²) in [5.74, 6) is 0.523. The third-order valence-electron chi connectivity index (χ3n) is 6.11. The van der Waals surface area contributed by atoms with Crippen molar-refractivity contribution in [1.29, 1.82) is 0 Å². The van der Waals surface area contributed by atoms with Crippen LogP contribution in [0.2, 0.25) is 0 Å². The molecule has 1 N–H and O–H groups in total. The summed E-state index contributed by atoms with van der Waals surface area (Å²) < 4.78 is 15.2. The van der Waals surface area contributed by atoms with E-state index in [1.807, 2.05) is 30.3 Å². The number of aromatic nitrogens is 3. The maximum atomic E-state index is 13.4. The molecule has 39 heavy (non-hydrogen) atoms. The van der Waals surface area contributed by atoms with Gasteiger partial charge in [-0.05, 0) is 55.7 Å². The first kappa shape index (κ1) is 28.3. The average molecular weight is 568 g/mol. The van der Waals surface area contributed by atoms with Gasteiger partial charge in [-0.3, -0.25) is 19.5 Å². The molecule has 4 rings (SSSR count). The second-order valence-electron chi connectivity index (χ2n) is 9.60. The number of halogens is 2. The van der Waals surface area contributed by atoms with Crippen LogP contribution < -0.4 is 5.32 Å². The summed E-state index contributed by atoms with van der Waals surface area (Å²) in [5.41, 5.74) is 1.59. The zero-order valence-electron chi connectivity index (χ0n) is 21.4. The van der Waals surface area contributed by atoms with Crippen molar-refractivity contribution in [3.8, 4) is 5.69 Å². The number of alkyl halides is 1. The number of nitro benzene ring substituents is 1. The van der Waals surface area contributed by atoms with Gasteiger partial charge >= 0.3 is 0 Å². The molecule has 0 aliphatic heterocycles. The lowest BCUT2D eigenvalue weighted by atomic mass is 9.94. The number of benzene rings is 3. The van der Waals surface area contributed by atoms with Crippen molar-refractivity contribution in [2.45, 2.75) is 37.2 Å². The standard InChI is InChI=1S/C28H27ClFN5O3S/c1-28(2,18-29)26(36)31-24(16-19-6-4-3-5-7-19)25-32-33-27(39-17-20-8-10-21(30)11-9-20)34(25)22-12-14-23(15-13-22)35(37)38/h3-15,24H,16-18H2,1-2H3,(H,31,36). The van der Waals surface area contributed by atoms with Crippen LogP contribution in [-0.2, 0) is 17.0 Å². The molecule has 0 saturated heterocycles. The largest absolute Gasteiger partial charge is 0.345 e. The molecule has 1 heterocycles. The van der Waals surface area contributed by atoms with Crippen molar-refractivity contribution in [1.82, 2.24) is 20.1 Å². The highest BCUT2D eigenvalue weighted by molar-refractivity contribution is 7.98. The van der Waals surface area contributed by atoms with E-state index in [2.05, 4.69) is 15.5 Å². The monoisotopic (exact) mass is 567 g/mol. The number of nitrogens with zero attached hydrogens (tertiary/aromatic N) is 4. The van der Waals surface area contributed by atoms with Crippen molar-refractivity contribution in [3.63, 3.8) is 0 Å².